The van der Waals surface area contributed by atoms with Crippen molar-refractivity contribution < 1.29 is 8.42 Å². The standard InChI is InChI=1S/C17H19N3O2S/c1-2-23(21,22)16-8-4-3-7-15(16)18-11-10-14-13-20-12-6-5-9-17(20)19-14/h3-9,12-13,18H,2,10-11H2,1H3. The first kappa shape index (κ1) is 15.6. The van der Waals surface area contributed by atoms with Crippen LogP contribution >= 0.6 is 0 Å². The molecule has 0 spiro atoms. The number of hydrogen-bond donors (Lipinski definition) is 1. The van der Waals surface area contributed by atoms with E-state index in [1.165, 1.54) is 0 Å². The largest absolute Gasteiger partial charge is 0.384 e. The van der Waals surface area contributed by atoms with Gasteiger partial charge < -0.3 is 9.72 Å². The van der Waals surface area contributed by atoms with Gasteiger partial charge in [-0.1, -0.05) is 25.1 Å². The fourth-order valence-electron chi connectivity index (χ4n) is 2.47. The third-order valence-electron chi connectivity index (χ3n) is 3.71. The highest BCUT2D eigenvalue weighted by molar-refractivity contribution is 7.91. The maximum atomic E-state index is 12.1. The van der Waals surface area contributed by atoms with E-state index in [1.54, 1.807) is 25.1 Å². The average molecular weight is 329 g/mol. The minimum Gasteiger partial charge on any atom is -0.384 e. The lowest BCUT2D eigenvalue weighted by molar-refractivity contribution is 0.597. The SMILES string of the molecule is CCS(=O)(=O)c1ccccc1NCCc1cn2ccccc2n1. The topological polar surface area (TPSA) is 63.5 Å². The smallest absolute Gasteiger partial charge is 0.180 e. The number of nitrogens with one attached hydrogen (secondary N) is 1. The van der Waals surface area contributed by atoms with Crippen LogP contribution in [0.3, 0.4) is 0 Å². The molecular formula is C17H19N3O2S. The van der Waals surface area contributed by atoms with E-state index >= 15 is 0 Å². The average Bonchev–Trinajstić information content (AvgIpc) is 2.98. The molecule has 3 rings (SSSR count). The molecule has 0 radical (unpaired) electrons. The summed E-state index contributed by atoms with van der Waals surface area (Å²) in [4.78, 5) is 4.89. The summed E-state index contributed by atoms with van der Waals surface area (Å²) in [7, 11) is -3.23. The van der Waals surface area contributed by atoms with Gasteiger partial charge in [-0.25, -0.2) is 13.4 Å². The number of pyridine rings is 1. The molecule has 3 aromatic rings. The number of nitrogens with zero attached hydrogens (tertiary/aromatic N) is 2. The summed E-state index contributed by atoms with van der Waals surface area (Å²) in [6.07, 6.45) is 4.68. The fraction of sp³-hybridized carbons (Fsp3) is 0.235. The molecular weight excluding hydrogens is 310 g/mol. The summed E-state index contributed by atoms with van der Waals surface area (Å²) in [6, 6.07) is 12.9. The van der Waals surface area contributed by atoms with Crippen molar-refractivity contribution >= 4 is 21.2 Å². The minimum absolute atomic E-state index is 0.0954. The van der Waals surface area contributed by atoms with Crippen LogP contribution in [-0.4, -0.2) is 30.1 Å². The zero-order valence-electron chi connectivity index (χ0n) is 12.9. The van der Waals surface area contributed by atoms with Crippen molar-refractivity contribution in [3.8, 4) is 0 Å². The molecule has 0 saturated carbocycles. The molecule has 0 fully saturated rings. The van der Waals surface area contributed by atoms with Crippen LogP contribution in [0.15, 0.2) is 59.8 Å². The van der Waals surface area contributed by atoms with Gasteiger partial charge in [0.2, 0.25) is 0 Å². The Hall–Kier alpha value is -2.34. The van der Waals surface area contributed by atoms with E-state index in [4.69, 9.17) is 0 Å². The maximum absolute atomic E-state index is 12.1. The quantitative estimate of drug-likeness (QED) is 0.755. The van der Waals surface area contributed by atoms with E-state index < -0.39 is 9.84 Å². The number of para-hydroxylation sites is 1. The summed E-state index contributed by atoms with van der Waals surface area (Å²) >= 11 is 0. The Kier molecular flexibility index (Phi) is 4.34. The molecule has 0 amide bonds. The zero-order valence-corrected chi connectivity index (χ0v) is 13.8. The molecule has 0 aliphatic carbocycles. The van der Waals surface area contributed by atoms with E-state index in [9.17, 15) is 8.42 Å². The molecule has 1 aromatic carbocycles. The molecule has 0 bridgehead atoms. The van der Waals surface area contributed by atoms with Gasteiger partial charge in [-0.3, -0.25) is 0 Å². The van der Waals surface area contributed by atoms with Crippen LogP contribution in [-0.2, 0) is 16.3 Å². The van der Waals surface area contributed by atoms with Crippen molar-refractivity contribution in [2.24, 2.45) is 0 Å². The Morgan fingerprint density at radius 3 is 2.70 bits per heavy atom. The second kappa shape index (κ2) is 6.42. The predicted molar refractivity (Wildman–Crippen MR) is 91.6 cm³/mol. The predicted octanol–water partition coefficient (Wildman–Crippen LogP) is 2.78. The van der Waals surface area contributed by atoms with Crippen LogP contribution in [0.1, 0.15) is 12.6 Å². The van der Waals surface area contributed by atoms with E-state index in [1.807, 2.05) is 41.1 Å². The monoisotopic (exact) mass is 329 g/mol. The summed E-state index contributed by atoms with van der Waals surface area (Å²) < 4.78 is 26.2. The molecule has 0 unspecified atom stereocenters. The first-order chi connectivity index (χ1) is 11.1. The van der Waals surface area contributed by atoms with Gasteiger partial charge in [0, 0.05) is 25.4 Å². The van der Waals surface area contributed by atoms with Gasteiger partial charge in [-0.15, -0.1) is 0 Å². The lowest BCUT2D eigenvalue weighted by atomic mass is 10.3. The Bertz CT molecular complexity index is 883. The van der Waals surface area contributed by atoms with Crippen LogP contribution in [0.25, 0.3) is 5.65 Å². The Morgan fingerprint density at radius 2 is 1.91 bits per heavy atom. The van der Waals surface area contributed by atoms with Crippen molar-refractivity contribution in [1.82, 2.24) is 9.38 Å². The number of anilines is 1. The molecule has 2 aromatic heterocycles. The molecule has 23 heavy (non-hydrogen) atoms. The summed E-state index contributed by atoms with van der Waals surface area (Å²) in [6.45, 7) is 2.28. The van der Waals surface area contributed by atoms with Crippen LogP contribution < -0.4 is 5.32 Å². The maximum Gasteiger partial charge on any atom is 0.180 e. The number of benzene rings is 1. The lowest BCUT2D eigenvalue weighted by Gasteiger charge is -2.11. The number of aromatic nitrogens is 2. The molecule has 1 N–H and O–H groups in total. The van der Waals surface area contributed by atoms with Crippen molar-refractivity contribution in [3.63, 3.8) is 0 Å². The third-order valence-corrected chi connectivity index (χ3v) is 5.50. The first-order valence-electron chi connectivity index (χ1n) is 7.58. The molecule has 0 aliphatic rings. The molecule has 0 saturated heterocycles. The number of sulfone groups is 1. The Morgan fingerprint density at radius 1 is 1.13 bits per heavy atom. The summed E-state index contributed by atoms with van der Waals surface area (Å²) in [5.41, 5.74) is 2.54. The first-order valence-corrected chi connectivity index (χ1v) is 9.23. The van der Waals surface area contributed by atoms with Gasteiger partial charge >= 0.3 is 0 Å². The van der Waals surface area contributed by atoms with Gasteiger partial charge in [0.15, 0.2) is 9.84 Å². The van der Waals surface area contributed by atoms with Crippen LogP contribution in [0.4, 0.5) is 5.69 Å². The highest BCUT2D eigenvalue weighted by atomic mass is 32.2. The number of imidazole rings is 1. The normalized spacial score (nSPS) is 11.7. The van der Waals surface area contributed by atoms with Gasteiger partial charge in [0.05, 0.1) is 22.0 Å². The van der Waals surface area contributed by atoms with Crippen molar-refractivity contribution in [3.05, 3.63) is 60.6 Å². The van der Waals surface area contributed by atoms with Crippen molar-refractivity contribution in [1.29, 1.82) is 0 Å². The minimum atomic E-state index is -3.23. The third kappa shape index (κ3) is 3.37. The molecule has 5 nitrogen and oxygen atoms in total. The Balaban J connectivity index is 1.72. The van der Waals surface area contributed by atoms with Crippen LogP contribution in [0, 0.1) is 0 Å². The molecule has 120 valence electrons. The van der Waals surface area contributed by atoms with E-state index in [0.717, 1.165) is 17.8 Å². The molecule has 0 atom stereocenters. The van der Waals surface area contributed by atoms with E-state index in [2.05, 4.69) is 10.3 Å². The van der Waals surface area contributed by atoms with Gasteiger partial charge in [0.1, 0.15) is 5.65 Å². The van der Waals surface area contributed by atoms with E-state index in [-0.39, 0.29) is 5.75 Å². The van der Waals surface area contributed by atoms with Gasteiger partial charge in [0.25, 0.3) is 0 Å². The lowest BCUT2D eigenvalue weighted by Crippen LogP contribution is -2.11. The summed E-state index contributed by atoms with van der Waals surface area (Å²) in [5.74, 6) is 0.0954. The second-order valence-electron chi connectivity index (χ2n) is 5.27. The zero-order chi connectivity index (χ0) is 16.3. The molecule has 2 heterocycles. The van der Waals surface area contributed by atoms with E-state index in [0.29, 0.717) is 17.1 Å². The van der Waals surface area contributed by atoms with Crippen LogP contribution in [0.5, 0.6) is 0 Å². The van der Waals surface area contributed by atoms with Gasteiger partial charge in [-0.2, -0.15) is 0 Å². The highest BCUT2D eigenvalue weighted by Crippen LogP contribution is 2.21. The number of hydrogen-bond acceptors (Lipinski definition) is 4. The summed E-state index contributed by atoms with van der Waals surface area (Å²) in [5, 5.41) is 3.22. The van der Waals surface area contributed by atoms with Crippen molar-refractivity contribution in [2.75, 3.05) is 17.6 Å². The number of fused-ring (bicyclic) bond motifs is 1. The van der Waals surface area contributed by atoms with Crippen LogP contribution in [0.2, 0.25) is 0 Å². The van der Waals surface area contributed by atoms with Crippen molar-refractivity contribution in [2.45, 2.75) is 18.2 Å². The Labute approximate surface area is 135 Å². The second-order valence-corrected chi connectivity index (χ2v) is 7.52. The fourth-order valence-corrected chi connectivity index (χ4v) is 3.54. The molecule has 0 aliphatic heterocycles. The van der Waals surface area contributed by atoms with Gasteiger partial charge in [-0.05, 0) is 24.3 Å². The number of rotatable bonds is 6. The molecule has 6 heteroatoms. The highest BCUT2D eigenvalue weighted by Gasteiger charge is 2.15.